The average molecular weight is 250 g/mol. The highest BCUT2D eigenvalue weighted by atomic mass is 16.5. The van der Waals surface area contributed by atoms with E-state index in [1.807, 2.05) is 0 Å². The van der Waals surface area contributed by atoms with Gasteiger partial charge in [-0.25, -0.2) is 0 Å². The fourth-order valence-corrected chi connectivity index (χ4v) is 1.38. The minimum absolute atomic E-state index is 0.0550. The summed E-state index contributed by atoms with van der Waals surface area (Å²) >= 11 is 0. The number of carbonyl (C=O) groups is 2. The van der Waals surface area contributed by atoms with Crippen molar-refractivity contribution >= 4 is 17.4 Å². The third-order valence-electron chi connectivity index (χ3n) is 2.25. The number of anilines is 1. The Bertz CT molecular complexity index is 401. The molecular formula is C13H18N2O3. The summed E-state index contributed by atoms with van der Waals surface area (Å²) in [6.45, 7) is 2.54. The Morgan fingerprint density at radius 2 is 1.94 bits per heavy atom. The SMILES string of the molecule is CC(=O)Nc1ccc(C(=O)COCCCN)cc1. The van der Waals surface area contributed by atoms with Gasteiger partial charge in [-0.2, -0.15) is 0 Å². The first-order chi connectivity index (χ1) is 8.63. The zero-order chi connectivity index (χ0) is 13.4. The van der Waals surface area contributed by atoms with E-state index in [-0.39, 0.29) is 18.3 Å². The Morgan fingerprint density at radius 3 is 2.50 bits per heavy atom. The lowest BCUT2D eigenvalue weighted by molar-refractivity contribution is -0.114. The van der Waals surface area contributed by atoms with E-state index < -0.39 is 0 Å². The highest BCUT2D eigenvalue weighted by Gasteiger charge is 2.05. The molecule has 0 fully saturated rings. The molecule has 0 atom stereocenters. The van der Waals surface area contributed by atoms with E-state index in [1.54, 1.807) is 24.3 Å². The largest absolute Gasteiger partial charge is 0.373 e. The van der Waals surface area contributed by atoms with Gasteiger partial charge >= 0.3 is 0 Å². The Balaban J connectivity index is 2.46. The fourth-order valence-electron chi connectivity index (χ4n) is 1.38. The van der Waals surface area contributed by atoms with E-state index >= 15 is 0 Å². The maximum absolute atomic E-state index is 11.7. The number of ether oxygens (including phenoxy) is 1. The van der Waals surface area contributed by atoms with Gasteiger partial charge in [-0.05, 0) is 37.2 Å². The van der Waals surface area contributed by atoms with E-state index in [0.29, 0.717) is 24.4 Å². The van der Waals surface area contributed by atoms with E-state index in [9.17, 15) is 9.59 Å². The standard InChI is InChI=1S/C13H18N2O3/c1-10(16)15-12-5-3-11(4-6-12)13(17)9-18-8-2-7-14/h3-6H,2,7-9,14H2,1H3,(H,15,16). The molecule has 1 rings (SSSR count). The second-order valence-corrected chi connectivity index (χ2v) is 3.88. The van der Waals surface area contributed by atoms with Gasteiger partial charge in [0.15, 0.2) is 5.78 Å². The molecule has 5 heteroatoms. The van der Waals surface area contributed by atoms with Gasteiger partial charge in [0.2, 0.25) is 5.91 Å². The zero-order valence-corrected chi connectivity index (χ0v) is 10.4. The van der Waals surface area contributed by atoms with Gasteiger partial charge in [-0.3, -0.25) is 9.59 Å². The number of amides is 1. The van der Waals surface area contributed by atoms with Crippen molar-refractivity contribution in [1.82, 2.24) is 0 Å². The summed E-state index contributed by atoms with van der Waals surface area (Å²) in [6.07, 6.45) is 0.745. The van der Waals surface area contributed by atoms with Crippen LogP contribution in [0.4, 0.5) is 5.69 Å². The number of nitrogens with two attached hydrogens (primary N) is 1. The van der Waals surface area contributed by atoms with Crippen molar-refractivity contribution in [2.24, 2.45) is 5.73 Å². The Hall–Kier alpha value is -1.72. The van der Waals surface area contributed by atoms with Crippen LogP contribution in [0, 0.1) is 0 Å². The molecule has 0 aliphatic rings. The van der Waals surface area contributed by atoms with Crippen LogP contribution in [-0.2, 0) is 9.53 Å². The molecule has 0 unspecified atom stereocenters. The highest BCUT2D eigenvalue weighted by Crippen LogP contribution is 2.10. The van der Waals surface area contributed by atoms with Crippen molar-refractivity contribution < 1.29 is 14.3 Å². The molecule has 1 aromatic carbocycles. The van der Waals surface area contributed by atoms with Gasteiger partial charge in [0, 0.05) is 24.8 Å². The lowest BCUT2D eigenvalue weighted by atomic mass is 10.1. The van der Waals surface area contributed by atoms with Crippen LogP contribution >= 0.6 is 0 Å². The summed E-state index contributed by atoms with van der Waals surface area (Å²) in [5.41, 5.74) is 6.55. The van der Waals surface area contributed by atoms with E-state index in [4.69, 9.17) is 10.5 Å². The third kappa shape index (κ3) is 5.07. The first-order valence-electron chi connectivity index (χ1n) is 5.82. The van der Waals surface area contributed by atoms with Crippen molar-refractivity contribution in [1.29, 1.82) is 0 Å². The molecule has 0 heterocycles. The molecule has 0 saturated carbocycles. The number of rotatable bonds is 7. The lowest BCUT2D eigenvalue weighted by Crippen LogP contribution is -2.12. The summed E-state index contributed by atoms with van der Waals surface area (Å²) in [5.74, 6) is -0.222. The number of hydrogen-bond acceptors (Lipinski definition) is 4. The van der Waals surface area contributed by atoms with Crippen LogP contribution in [0.3, 0.4) is 0 Å². The van der Waals surface area contributed by atoms with Crippen LogP contribution in [0.2, 0.25) is 0 Å². The van der Waals surface area contributed by atoms with Gasteiger partial charge < -0.3 is 15.8 Å². The van der Waals surface area contributed by atoms with Crippen LogP contribution in [0.5, 0.6) is 0 Å². The van der Waals surface area contributed by atoms with Gasteiger partial charge in [0.25, 0.3) is 0 Å². The monoisotopic (exact) mass is 250 g/mol. The van der Waals surface area contributed by atoms with Gasteiger partial charge in [-0.1, -0.05) is 0 Å². The molecule has 0 aliphatic carbocycles. The molecule has 0 bridgehead atoms. The number of ketones is 1. The quantitative estimate of drug-likeness (QED) is 0.562. The second-order valence-electron chi connectivity index (χ2n) is 3.88. The molecule has 1 aromatic rings. The summed E-state index contributed by atoms with van der Waals surface area (Å²) in [4.78, 5) is 22.5. The van der Waals surface area contributed by atoms with Crippen LogP contribution in [0.1, 0.15) is 23.7 Å². The van der Waals surface area contributed by atoms with Gasteiger partial charge in [0.05, 0.1) is 0 Å². The molecule has 0 aromatic heterocycles. The Labute approximate surface area is 106 Å². The molecule has 0 saturated heterocycles. The summed E-state index contributed by atoms with van der Waals surface area (Å²) in [7, 11) is 0. The number of Topliss-reactive ketones (excluding diaryl/α,β-unsaturated/α-hetero) is 1. The fraction of sp³-hybridized carbons (Fsp3) is 0.385. The molecule has 18 heavy (non-hydrogen) atoms. The summed E-state index contributed by atoms with van der Waals surface area (Å²) in [6, 6.07) is 6.71. The normalized spacial score (nSPS) is 10.1. The first-order valence-corrected chi connectivity index (χ1v) is 5.82. The van der Waals surface area contributed by atoms with E-state index in [1.165, 1.54) is 6.92 Å². The molecule has 5 nitrogen and oxygen atoms in total. The van der Waals surface area contributed by atoms with Crippen LogP contribution in [0.25, 0.3) is 0 Å². The highest BCUT2D eigenvalue weighted by molar-refractivity contribution is 5.97. The minimum atomic E-state index is -0.140. The van der Waals surface area contributed by atoms with Crippen molar-refractivity contribution in [2.75, 3.05) is 25.1 Å². The first kappa shape index (κ1) is 14.3. The zero-order valence-electron chi connectivity index (χ0n) is 10.4. The van der Waals surface area contributed by atoms with Crippen molar-refractivity contribution in [3.05, 3.63) is 29.8 Å². The molecule has 1 amide bonds. The predicted molar refractivity (Wildman–Crippen MR) is 69.6 cm³/mol. The molecule has 0 spiro atoms. The van der Waals surface area contributed by atoms with Crippen LogP contribution in [-0.4, -0.2) is 31.4 Å². The number of hydrogen-bond donors (Lipinski definition) is 2. The molecule has 0 aliphatic heterocycles. The molecule has 98 valence electrons. The van der Waals surface area contributed by atoms with Crippen LogP contribution < -0.4 is 11.1 Å². The van der Waals surface area contributed by atoms with Gasteiger partial charge in [0.1, 0.15) is 6.61 Å². The van der Waals surface area contributed by atoms with E-state index in [2.05, 4.69) is 5.32 Å². The average Bonchev–Trinajstić information content (AvgIpc) is 2.34. The van der Waals surface area contributed by atoms with Crippen molar-refractivity contribution in [2.45, 2.75) is 13.3 Å². The number of benzene rings is 1. The smallest absolute Gasteiger partial charge is 0.221 e. The van der Waals surface area contributed by atoms with Crippen molar-refractivity contribution in [3.8, 4) is 0 Å². The van der Waals surface area contributed by atoms with Crippen molar-refractivity contribution in [3.63, 3.8) is 0 Å². The van der Waals surface area contributed by atoms with Gasteiger partial charge in [-0.15, -0.1) is 0 Å². The summed E-state index contributed by atoms with van der Waals surface area (Å²) < 4.78 is 5.19. The Kier molecular flexibility index (Phi) is 6.04. The lowest BCUT2D eigenvalue weighted by Gasteiger charge is -2.05. The number of carbonyl (C=O) groups excluding carboxylic acids is 2. The molecule has 0 radical (unpaired) electrons. The topological polar surface area (TPSA) is 81.4 Å². The molecule has 3 N–H and O–H groups in total. The van der Waals surface area contributed by atoms with E-state index in [0.717, 1.165) is 6.42 Å². The summed E-state index contributed by atoms with van der Waals surface area (Å²) in [5, 5.41) is 2.64. The maximum atomic E-state index is 11.7. The van der Waals surface area contributed by atoms with Crippen LogP contribution in [0.15, 0.2) is 24.3 Å². The maximum Gasteiger partial charge on any atom is 0.221 e. The minimum Gasteiger partial charge on any atom is -0.373 e. The molecular weight excluding hydrogens is 232 g/mol. The second kappa shape index (κ2) is 7.58. The third-order valence-corrected chi connectivity index (χ3v) is 2.25. The Morgan fingerprint density at radius 1 is 1.28 bits per heavy atom. The predicted octanol–water partition coefficient (Wildman–Crippen LogP) is 1.19. The number of nitrogens with one attached hydrogen (secondary N) is 1.